The molecule has 2 atom stereocenters. The summed E-state index contributed by atoms with van der Waals surface area (Å²) in [4.78, 5) is 42.3. The first-order valence-electron chi connectivity index (χ1n) is 15.5. The zero-order chi connectivity index (χ0) is 31.2. The minimum absolute atomic E-state index is 0.0294. The third kappa shape index (κ3) is 6.45. The molecule has 2 fully saturated rings. The Kier molecular flexibility index (Phi) is 7.64. The van der Waals surface area contributed by atoms with E-state index in [4.69, 9.17) is 19.5 Å². The fraction of sp³-hybridized carbons (Fsp3) is 0.486. The molecule has 0 radical (unpaired) electrons. The molecule has 0 unspecified atom stereocenters. The number of carbonyl (C=O) groups excluding carboxylic acids is 2. The molecule has 0 saturated carbocycles. The van der Waals surface area contributed by atoms with E-state index >= 15 is 0 Å². The summed E-state index contributed by atoms with van der Waals surface area (Å²) in [7, 11) is 0. The second kappa shape index (κ2) is 11.3. The number of aromatic nitrogens is 2. The summed E-state index contributed by atoms with van der Waals surface area (Å²) in [6.07, 6.45) is 3.73. The van der Waals surface area contributed by atoms with Crippen molar-refractivity contribution in [2.75, 3.05) is 13.1 Å². The summed E-state index contributed by atoms with van der Waals surface area (Å²) in [5.74, 6) is 7.38. The van der Waals surface area contributed by atoms with Crippen molar-refractivity contribution in [3.05, 3.63) is 58.9 Å². The van der Waals surface area contributed by atoms with Gasteiger partial charge in [-0.25, -0.2) is 14.6 Å². The van der Waals surface area contributed by atoms with Gasteiger partial charge in [0.2, 0.25) is 0 Å². The average molecular weight is 596 g/mol. The number of rotatable bonds is 2. The zero-order valence-electron chi connectivity index (χ0n) is 26.5. The molecule has 2 saturated heterocycles. The van der Waals surface area contributed by atoms with Crippen molar-refractivity contribution in [3.8, 4) is 11.8 Å². The van der Waals surface area contributed by atoms with E-state index in [0.29, 0.717) is 19.5 Å². The molecule has 4 heterocycles. The van der Waals surface area contributed by atoms with Crippen LogP contribution in [0.1, 0.15) is 95.8 Å². The minimum atomic E-state index is -0.543. The molecule has 2 amide bonds. The number of H-pyrrole nitrogens is 1. The maximum atomic E-state index is 12.8. The molecule has 1 N–H and O–H groups in total. The summed E-state index contributed by atoms with van der Waals surface area (Å²) in [5.41, 5.74) is 5.54. The number of nitrogens with one attached hydrogen (secondary N) is 1. The fourth-order valence-corrected chi connectivity index (χ4v) is 6.15. The van der Waals surface area contributed by atoms with Crippen molar-refractivity contribution >= 4 is 34.6 Å². The molecule has 9 nitrogen and oxygen atoms in total. The Morgan fingerprint density at radius 3 is 2.09 bits per heavy atom. The SMILES string of the molecule is CC(C)(C)OC(=O)N1CCC[C@H]1C1=Nc2ccc(C#Cc3ccc4nc([C@@H]5CCCN5C(=O)OC(C)(C)C)[nH]c4c3)cc2C1. The van der Waals surface area contributed by atoms with E-state index < -0.39 is 11.2 Å². The molecule has 2 aromatic carbocycles. The molecular formula is C35H41N5O4. The van der Waals surface area contributed by atoms with Gasteiger partial charge in [0.1, 0.15) is 17.0 Å². The van der Waals surface area contributed by atoms with Crippen LogP contribution in [0.2, 0.25) is 0 Å². The first-order chi connectivity index (χ1) is 20.8. The van der Waals surface area contributed by atoms with E-state index in [1.165, 1.54) is 0 Å². The number of fused-ring (bicyclic) bond motifs is 2. The summed E-state index contributed by atoms with van der Waals surface area (Å²) >= 11 is 0. The standard InChI is InChI=1S/C35H41N5O4/c1-34(2,3)43-32(41)39-17-7-9-29(39)28-21-24-19-22(13-15-25(24)36-28)11-12-23-14-16-26-27(20-23)38-31(37-26)30-10-8-18-40(30)33(42)44-35(4,5)6/h13-16,19-20,29-30H,7-10,17-18,21H2,1-6H3,(H,37,38)/t29-,30-/m0/s1. The minimum Gasteiger partial charge on any atom is -0.444 e. The monoisotopic (exact) mass is 595 g/mol. The van der Waals surface area contributed by atoms with Crippen molar-refractivity contribution in [1.29, 1.82) is 0 Å². The number of hydrogen-bond acceptors (Lipinski definition) is 6. The third-order valence-electron chi connectivity index (χ3n) is 8.03. The van der Waals surface area contributed by atoms with Gasteiger partial charge in [-0.1, -0.05) is 11.8 Å². The Balaban J connectivity index is 1.14. The van der Waals surface area contributed by atoms with Crippen LogP contribution < -0.4 is 0 Å². The van der Waals surface area contributed by atoms with Gasteiger partial charge in [-0.2, -0.15) is 0 Å². The van der Waals surface area contributed by atoms with E-state index in [1.807, 2.05) is 76.8 Å². The van der Waals surface area contributed by atoms with Gasteiger partial charge in [0, 0.05) is 36.3 Å². The van der Waals surface area contributed by atoms with Crippen LogP contribution in [-0.2, 0) is 15.9 Å². The normalized spacial score (nSPS) is 19.9. The van der Waals surface area contributed by atoms with Gasteiger partial charge in [-0.3, -0.25) is 14.8 Å². The smallest absolute Gasteiger partial charge is 0.410 e. The molecule has 3 aliphatic rings. The molecule has 1 aromatic heterocycles. The highest BCUT2D eigenvalue weighted by molar-refractivity contribution is 5.99. The lowest BCUT2D eigenvalue weighted by molar-refractivity contribution is 0.0216. The van der Waals surface area contributed by atoms with Gasteiger partial charge in [-0.05, 0) is 109 Å². The molecule has 3 aliphatic heterocycles. The van der Waals surface area contributed by atoms with Crippen LogP contribution in [0.25, 0.3) is 11.0 Å². The van der Waals surface area contributed by atoms with Crippen molar-refractivity contribution < 1.29 is 19.1 Å². The van der Waals surface area contributed by atoms with Gasteiger partial charge in [-0.15, -0.1) is 0 Å². The van der Waals surface area contributed by atoms with Crippen LogP contribution in [0.3, 0.4) is 0 Å². The molecule has 230 valence electrons. The Bertz CT molecular complexity index is 1700. The van der Waals surface area contributed by atoms with Gasteiger partial charge in [0.15, 0.2) is 0 Å². The van der Waals surface area contributed by atoms with Crippen LogP contribution in [0.15, 0.2) is 41.4 Å². The number of benzene rings is 2. The Morgan fingerprint density at radius 1 is 0.841 bits per heavy atom. The molecular weight excluding hydrogens is 554 g/mol. The molecule has 3 aromatic rings. The number of likely N-dealkylation sites (tertiary alicyclic amines) is 2. The number of carbonyl (C=O) groups is 2. The highest BCUT2D eigenvalue weighted by Crippen LogP contribution is 2.34. The molecule has 0 bridgehead atoms. The number of aliphatic imine (C=N–C) groups is 1. The number of aromatic amines is 1. The predicted octanol–water partition coefficient (Wildman–Crippen LogP) is 7.06. The summed E-state index contributed by atoms with van der Waals surface area (Å²) in [6.45, 7) is 12.7. The van der Waals surface area contributed by atoms with Gasteiger partial charge in [0.25, 0.3) is 0 Å². The Morgan fingerprint density at radius 2 is 1.43 bits per heavy atom. The summed E-state index contributed by atoms with van der Waals surface area (Å²) in [6, 6.07) is 11.9. The second-order valence-electron chi connectivity index (χ2n) is 13.9. The highest BCUT2D eigenvalue weighted by atomic mass is 16.6. The first-order valence-corrected chi connectivity index (χ1v) is 15.5. The Hall–Kier alpha value is -4.32. The van der Waals surface area contributed by atoms with Crippen molar-refractivity contribution in [3.63, 3.8) is 0 Å². The van der Waals surface area contributed by atoms with E-state index in [1.54, 1.807) is 4.90 Å². The zero-order valence-corrected chi connectivity index (χ0v) is 26.5. The Labute approximate surface area is 259 Å². The maximum absolute atomic E-state index is 12.8. The third-order valence-corrected chi connectivity index (χ3v) is 8.03. The quantitative estimate of drug-likeness (QED) is 0.320. The van der Waals surface area contributed by atoms with Crippen molar-refractivity contribution in [2.45, 2.75) is 96.9 Å². The average Bonchev–Trinajstić information content (AvgIpc) is 3.73. The van der Waals surface area contributed by atoms with Crippen LogP contribution in [0.4, 0.5) is 15.3 Å². The lowest BCUT2D eigenvalue weighted by Gasteiger charge is -2.28. The summed E-state index contributed by atoms with van der Waals surface area (Å²) in [5, 5.41) is 0. The molecule has 9 heteroatoms. The number of amides is 2. The number of nitrogens with zero attached hydrogens (tertiary/aromatic N) is 4. The lowest BCUT2D eigenvalue weighted by Crippen LogP contribution is -2.43. The van der Waals surface area contributed by atoms with Gasteiger partial charge in [0.05, 0.1) is 28.8 Å². The maximum Gasteiger partial charge on any atom is 0.410 e. The predicted molar refractivity (Wildman–Crippen MR) is 170 cm³/mol. The van der Waals surface area contributed by atoms with E-state index in [0.717, 1.165) is 70.6 Å². The molecule has 44 heavy (non-hydrogen) atoms. The molecule has 6 rings (SSSR count). The van der Waals surface area contributed by atoms with Crippen LogP contribution >= 0.6 is 0 Å². The van der Waals surface area contributed by atoms with E-state index in [2.05, 4.69) is 22.9 Å². The number of imidazole rings is 1. The highest BCUT2D eigenvalue weighted by Gasteiger charge is 2.37. The fourth-order valence-electron chi connectivity index (χ4n) is 6.15. The topological polar surface area (TPSA) is 100 Å². The lowest BCUT2D eigenvalue weighted by atomic mass is 10.0. The van der Waals surface area contributed by atoms with Gasteiger partial charge < -0.3 is 14.5 Å². The largest absolute Gasteiger partial charge is 0.444 e. The first kappa shape index (κ1) is 29.7. The summed E-state index contributed by atoms with van der Waals surface area (Å²) < 4.78 is 11.3. The number of ether oxygens (including phenoxy) is 2. The van der Waals surface area contributed by atoms with Crippen molar-refractivity contribution in [2.24, 2.45) is 4.99 Å². The second-order valence-corrected chi connectivity index (χ2v) is 13.9. The van der Waals surface area contributed by atoms with Gasteiger partial charge >= 0.3 is 12.2 Å². The van der Waals surface area contributed by atoms with E-state index in [-0.39, 0.29) is 24.3 Å². The van der Waals surface area contributed by atoms with Crippen molar-refractivity contribution in [1.82, 2.24) is 19.8 Å². The molecule has 0 spiro atoms. The number of hydrogen-bond donors (Lipinski definition) is 1. The van der Waals surface area contributed by atoms with Crippen LogP contribution in [0, 0.1) is 11.8 Å². The molecule has 0 aliphatic carbocycles. The van der Waals surface area contributed by atoms with E-state index in [9.17, 15) is 9.59 Å². The van der Waals surface area contributed by atoms with Crippen LogP contribution in [0.5, 0.6) is 0 Å². The van der Waals surface area contributed by atoms with Crippen LogP contribution in [-0.4, -0.2) is 68.0 Å².